The van der Waals surface area contributed by atoms with Crippen LogP contribution in [0.15, 0.2) is 34.2 Å². The minimum Gasteiger partial charge on any atom is -0.352 e. The van der Waals surface area contributed by atoms with Crippen LogP contribution in [-0.2, 0) is 11.3 Å². The number of hydrogen-bond donors (Lipinski definition) is 1. The highest BCUT2D eigenvalue weighted by molar-refractivity contribution is 7.99. The largest absolute Gasteiger partial charge is 0.352 e. The lowest BCUT2D eigenvalue weighted by molar-refractivity contribution is -0.119. The lowest BCUT2D eigenvalue weighted by Gasteiger charge is -2.29. The fourth-order valence-corrected chi connectivity index (χ4v) is 5.21. The third-order valence-corrected chi connectivity index (χ3v) is 7.18. The van der Waals surface area contributed by atoms with Crippen LogP contribution < -0.4 is 10.9 Å². The standard InChI is InChI=1S/C23H31N5O2S/c1-3-4-9-14-27-21(30)17-11-6-8-13-19(17)28-22(27)25-26-23(28)31-15-20(29)24-18-12-7-5-10-16(18)2/h6,8,11,13,16,18H,3-5,7,9-10,12,14-15H2,1-2H3,(H,24,29). The van der Waals surface area contributed by atoms with Gasteiger partial charge in [0.25, 0.3) is 5.56 Å². The summed E-state index contributed by atoms with van der Waals surface area (Å²) in [4.78, 5) is 25.7. The zero-order valence-electron chi connectivity index (χ0n) is 18.3. The van der Waals surface area contributed by atoms with Crippen molar-refractivity contribution in [1.29, 1.82) is 0 Å². The quantitative estimate of drug-likeness (QED) is 0.422. The van der Waals surface area contributed by atoms with E-state index in [4.69, 9.17) is 0 Å². The number of benzene rings is 1. The number of carbonyl (C=O) groups excluding carboxylic acids is 1. The van der Waals surface area contributed by atoms with Gasteiger partial charge in [-0.15, -0.1) is 10.2 Å². The Kier molecular flexibility index (Phi) is 6.95. The second kappa shape index (κ2) is 9.85. The van der Waals surface area contributed by atoms with Gasteiger partial charge in [-0.1, -0.05) is 63.4 Å². The van der Waals surface area contributed by atoms with E-state index in [1.807, 2.05) is 28.7 Å². The average molecular weight is 442 g/mol. The summed E-state index contributed by atoms with van der Waals surface area (Å²) in [6.45, 7) is 4.97. The molecule has 1 fully saturated rings. The van der Waals surface area contributed by atoms with E-state index in [0.29, 0.717) is 28.8 Å². The van der Waals surface area contributed by atoms with Crippen LogP contribution in [-0.4, -0.2) is 36.9 Å². The van der Waals surface area contributed by atoms with Gasteiger partial charge in [-0.2, -0.15) is 0 Å². The maximum atomic E-state index is 13.1. The van der Waals surface area contributed by atoms with Crippen molar-refractivity contribution in [2.45, 2.75) is 76.5 Å². The van der Waals surface area contributed by atoms with Crippen molar-refractivity contribution in [2.24, 2.45) is 5.92 Å². The van der Waals surface area contributed by atoms with Gasteiger partial charge in [0.2, 0.25) is 11.7 Å². The SMILES string of the molecule is CCCCCn1c(=O)c2ccccc2n2c(SCC(=O)NC3CCCCC3C)nnc12. The van der Waals surface area contributed by atoms with Gasteiger partial charge in [0.05, 0.1) is 16.7 Å². The van der Waals surface area contributed by atoms with Crippen molar-refractivity contribution in [3.05, 3.63) is 34.6 Å². The zero-order chi connectivity index (χ0) is 21.8. The molecular weight excluding hydrogens is 410 g/mol. The molecule has 1 aliphatic carbocycles. The summed E-state index contributed by atoms with van der Waals surface area (Å²) < 4.78 is 3.64. The number of rotatable bonds is 8. The minimum absolute atomic E-state index is 0.0288. The smallest absolute Gasteiger partial charge is 0.262 e. The summed E-state index contributed by atoms with van der Waals surface area (Å²) >= 11 is 1.37. The number of amides is 1. The lowest BCUT2D eigenvalue weighted by Crippen LogP contribution is -2.41. The molecule has 3 aromatic rings. The Balaban J connectivity index is 1.60. The van der Waals surface area contributed by atoms with Gasteiger partial charge < -0.3 is 5.32 Å². The number of para-hydroxylation sites is 1. The van der Waals surface area contributed by atoms with Crippen molar-refractivity contribution >= 4 is 34.3 Å². The number of thioether (sulfide) groups is 1. The number of hydrogen-bond acceptors (Lipinski definition) is 5. The number of aryl methyl sites for hydroxylation is 1. The third-order valence-electron chi connectivity index (χ3n) is 6.25. The topological polar surface area (TPSA) is 81.3 Å². The monoisotopic (exact) mass is 441 g/mol. The van der Waals surface area contributed by atoms with Gasteiger partial charge in [-0.05, 0) is 37.3 Å². The average Bonchev–Trinajstić information content (AvgIpc) is 3.20. The number of unbranched alkanes of at least 4 members (excludes halogenated alkanes) is 2. The van der Waals surface area contributed by atoms with Crippen molar-refractivity contribution in [3.63, 3.8) is 0 Å². The molecule has 7 nitrogen and oxygen atoms in total. The van der Waals surface area contributed by atoms with Crippen LogP contribution in [0.2, 0.25) is 0 Å². The highest BCUT2D eigenvalue weighted by Crippen LogP contribution is 2.25. The molecule has 2 heterocycles. The molecule has 1 aliphatic rings. The fourth-order valence-electron chi connectivity index (χ4n) is 4.46. The Hall–Kier alpha value is -2.35. The highest BCUT2D eigenvalue weighted by Gasteiger charge is 2.23. The number of fused-ring (bicyclic) bond motifs is 3. The molecule has 1 amide bonds. The van der Waals surface area contributed by atoms with Crippen molar-refractivity contribution in [2.75, 3.05) is 5.75 Å². The van der Waals surface area contributed by atoms with Crippen molar-refractivity contribution in [1.82, 2.24) is 24.5 Å². The van der Waals surface area contributed by atoms with Crippen LogP contribution >= 0.6 is 11.8 Å². The molecule has 0 radical (unpaired) electrons. The van der Waals surface area contributed by atoms with Crippen LogP contribution in [0.25, 0.3) is 16.7 Å². The van der Waals surface area contributed by atoms with Crippen LogP contribution in [0.1, 0.15) is 58.8 Å². The molecule has 1 saturated carbocycles. The van der Waals surface area contributed by atoms with Gasteiger partial charge in [0.1, 0.15) is 0 Å². The van der Waals surface area contributed by atoms with Gasteiger partial charge in [-0.3, -0.25) is 18.6 Å². The molecule has 0 saturated heterocycles. The molecule has 0 aliphatic heterocycles. The summed E-state index contributed by atoms with van der Waals surface area (Å²) in [6, 6.07) is 7.81. The molecule has 8 heteroatoms. The second-order valence-electron chi connectivity index (χ2n) is 8.52. The van der Waals surface area contributed by atoms with Crippen molar-refractivity contribution < 1.29 is 4.79 Å². The van der Waals surface area contributed by atoms with Crippen LogP contribution in [0.3, 0.4) is 0 Å². The minimum atomic E-state index is -0.0350. The molecule has 166 valence electrons. The van der Waals surface area contributed by atoms with Crippen LogP contribution in [0, 0.1) is 5.92 Å². The van der Waals surface area contributed by atoms with E-state index < -0.39 is 0 Å². The number of aromatic nitrogens is 4. The van der Waals surface area contributed by atoms with E-state index in [1.54, 1.807) is 4.57 Å². The summed E-state index contributed by atoms with van der Waals surface area (Å²) in [5.74, 6) is 1.38. The molecule has 0 spiro atoms. The third kappa shape index (κ3) is 4.63. The maximum Gasteiger partial charge on any atom is 0.262 e. The van der Waals surface area contributed by atoms with Gasteiger partial charge in [0, 0.05) is 12.6 Å². The normalized spacial score (nSPS) is 19.2. The van der Waals surface area contributed by atoms with Crippen LogP contribution in [0.4, 0.5) is 0 Å². The maximum absolute atomic E-state index is 13.1. The van der Waals surface area contributed by atoms with E-state index >= 15 is 0 Å². The lowest BCUT2D eigenvalue weighted by atomic mass is 9.86. The predicted octanol–water partition coefficient (Wildman–Crippen LogP) is 4.02. The Morgan fingerprint density at radius 3 is 2.81 bits per heavy atom. The molecule has 2 unspecified atom stereocenters. The molecule has 1 N–H and O–H groups in total. The second-order valence-corrected chi connectivity index (χ2v) is 9.47. The van der Waals surface area contributed by atoms with Gasteiger partial charge >= 0.3 is 0 Å². The molecule has 2 atom stereocenters. The first-order valence-corrected chi connectivity index (χ1v) is 12.4. The Morgan fingerprint density at radius 2 is 2.00 bits per heavy atom. The predicted molar refractivity (Wildman–Crippen MR) is 125 cm³/mol. The molecule has 0 bridgehead atoms. The van der Waals surface area contributed by atoms with Crippen molar-refractivity contribution in [3.8, 4) is 0 Å². The molecule has 1 aromatic carbocycles. The number of carbonyl (C=O) groups is 1. The fraction of sp³-hybridized carbons (Fsp3) is 0.565. The van der Waals surface area contributed by atoms with Gasteiger partial charge in [-0.25, -0.2) is 0 Å². The summed E-state index contributed by atoms with van der Waals surface area (Å²) in [5, 5.41) is 13.2. The van der Waals surface area contributed by atoms with E-state index in [-0.39, 0.29) is 23.3 Å². The van der Waals surface area contributed by atoms with E-state index in [2.05, 4.69) is 29.4 Å². The summed E-state index contributed by atoms with van der Waals surface area (Å²) in [6.07, 6.45) is 7.72. The Labute approximate surface area is 186 Å². The first-order chi connectivity index (χ1) is 15.1. The molecule has 2 aromatic heterocycles. The number of nitrogens with zero attached hydrogens (tertiary/aromatic N) is 4. The van der Waals surface area contributed by atoms with E-state index in [0.717, 1.165) is 31.2 Å². The van der Waals surface area contributed by atoms with E-state index in [9.17, 15) is 9.59 Å². The molecule has 31 heavy (non-hydrogen) atoms. The van der Waals surface area contributed by atoms with Crippen LogP contribution in [0.5, 0.6) is 0 Å². The Morgan fingerprint density at radius 1 is 1.19 bits per heavy atom. The zero-order valence-corrected chi connectivity index (χ0v) is 19.2. The first-order valence-electron chi connectivity index (χ1n) is 11.4. The number of nitrogens with one attached hydrogen (secondary N) is 1. The summed E-state index contributed by atoms with van der Waals surface area (Å²) in [7, 11) is 0. The van der Waals surface area contributed by atoms with E-state index in [1.165, 1.54) is 31.0 Å². The molecule has 4 rings (SSSR count). The Bertz CT molecular complexity index is 1120. The summed E-state index contributed by atoms with van der Waals surface area (Å²) in [5.41, 5.74) is 0.746. The highest BCUT2D eigenvalue weighted by atomic mass is 32.2. The first kappa shape index (κ1) is 21.9. The molecular formula is C23H31N5O2S. The van der Waals surface area contributed by atoms with Gasteiger partial charge in [0.15, 0.2) is 5.16 Å².